The predicted octanol–water partition coefficient (Wildman–Crippen LogP) is 3.22. The molecule has 0 saturated carbocycles. The first-order valence-electron chi connectivity index (χ1n) is 4.45. The molecule has 80 valence electrons. The molecule has 0 bridgehead atoms. The van der Waals surface area contributed by atoms with Crippen molar-refractivity contribution in [2.75, 3.05) is 12.5 Å². The lowest BCUT2D eigenvalue weighted by atomic mass is 10.1. The van der Waals surface area contributed by atoms with Crippen LogP contribution >= 0.6 is 23.5 Å². The van der Waals surface area contributed by atoms with Crippen LogP contribution in [0, 0.1) is 6.92 Å². The molecule has 1 aromatic rings. The minimum absolute atomic E-state index is 0.172. The molecule has 0 N–H and O–H groups in total. The number of aryl methyl sites for hydroxylation is 1. The molecule has 4 heteroatoms. The number of hydrogen-bond acceptors (Lipinski definition) is 3. The highest BCUT2D eigenvalue weighted by atomic mass is 32.2. The van der Waals surface area contributed by atoms with Gasteiger partial charge in [0.25, 0.3) is 5.91 Å². The lowest BCUT2D eigenvalue weighted by molar-refractivity contribution is 0.100. The first kappa shape index (κ1) is 12.3. The van der Waals surface area contributed by atoms with Gasteiger partial charge in [0.1, 0.15) is 4.38 Å². The summed E-state index contributed by atoms with van der Waals surface area (Å²) < 4.78 is 0.792. The second-order valence-electron chi connectivity index (χ2n) is 2.96. The highest BCUT2D eigenvalue weighted by molar-refractivity contribution is 8.38. The van der Waals surface area contributed by atoms with Crippen molar-refractivity contribution in [3.63, 3.8) is 0 Å². The van der Waals surface area contributed by atoms with Gasteiger partial charge < -0.3 is 0 Å². The Labute approximate surface area is 98.6 Å². The lowest BCUT2D eigenvalue weighted by Gasteiger charge is -1.99. The third-order valence-electron chi connectivity index (χ3n) is 1.84. The summed E-state index contributed by atoms with van der Waals surface area (Å²) in [5.41, 5.74) is 1.78. The summed E-state index contributed by atoms with van der Waals surface area (Å²) in [4.78, 5) is 15.7. The zero-order valence-electron chi connectivity index (χ0n) is 8.98. The van der Waals surface area contributed by atoms with Gasteiger partial charge in [-0.2, -0.15) is 4.99 Å². The molecule has 0 aliphatic carbocycles. The number of thioether (sulfide) groups is 2. The smallest absolute Gasteiger partial charge is 0.267 e. The second kappa shape index (κ2) is 5.98. The molecule has 0 saturated heterocycles. The average Bonchev–Trinajstić information content (AvgIpc) is 2.26. The van der Waals surface area contributed by atoms with Gasteiger partial charge in [0.15, 0.2) is 0 Å². The van der Waals surface area contributed by atoms with Crippen LogP contribution in [0.2, 0.25) is 0 Å². The number of benzene rings is 1. The van der Waals surface area contributed by atoms with Crippen molar-refractivity contribution in [3.8, 4) is 0 Å². The molecule has 0 aliphatic heterocycles. The second-order valence-corrected chi connectivity index (χ2v) is 4.81. The quantitative estimate of drug-likeness (QED) is 0.556. The third-order valence-corrected chi connectivity index (χ3v) is 3.72. The van der Waals surface area contributed by atoms with Gasteiger partial charge in [0.2, 0.25) is 0 Å². The SMILES string of the molecule is CSC(=NC(=O)c1ccc(C)cc1)SC. The Morgan fingerprint density at radius 2 is 1.67 bits per heavy atom. The van der Waals surface area contributed by atoms with Crippen molar-refractivity contribution in [1.29, 1.82) is 0 Å². The fourth-order valence-electron chi connectivity index (χ4n) is 1.02. The number of rotatable bonds is 1. The molecular weight excluding hydrogens is 226 g/mol. The van der Waals surface area contributed by atoms with Gasteiger partial charge in [0, 0.05) is 5.56 Å². The van der Waals surface area contributed by atoms with Crippen molar-refractivity contribution in [2.45, 2.75) is 6.92 Å². The van der Waals surface area contributed by atoms with Gasteiger partial charge >= 0.3 is 0 Å². The maximum atomic E-state index is 11.7. The van der Waals surface area contributed by atoms with Crippen LogP contribution < -0.4 is 0 Å². The number of carbonyl (C=O) groups is 1. The molecule has 0 radical (unpaired) electrons. The largest absolute Gasteiger partial charge is 0.278 e. The molecule has 2 nitrogen and oxygen atoms in total. The van der Waals surface area contributed by atoms with E-state index in [0.717, 1.165) is 9.94 Å². The van der Waals surface area contributed by atoms with E-state index in [1.807, 2.05) is 31.6 Å². The van der Waals surface area contributed by atoms with Crippen molar-refractivity contribution >= 4 is 33.8 Å². The highest BCUT2D eigenvalue weighted by Crippen LogP contribution is 2.13. The van der Waals surface area contributed by atoms with Crippen LogP contribution in [0.5, 0.6) is 0 Å². The Morgan fingerprint density at radius 1 is 1.13 bits per heavy atom. The summed E-state index contributed by atoms with van der Waals surface area (Å²) in [6.07, 6.45) is 3.83. The summed E-state index contributed by atoms with van der Waals surface area (Å²) in [7, 11) is 0. The fraction of sp³-hybridized carbons (Fsp3) is 0.273. The minimum atomic E-state index is -0.172. The van der Waals surface area contributed by atoms with Crippen LogP contribution in [0.15, 0.2) is 29.3 Å². The van der Waals surface area contributed by atoms with E-state index in [0.29, 0.717) is 5.56 Å². The number of carbonyl (C=O) groups excluding carboxylic acids is 1. The summed E-state index contributed by atoms with van der Waals surface area (Å²) in [5, 5.41) is 0. The first-order chi connectivity index (χ1) is 7.17. The molecule has 0 heterocycles. The molecule has 15 heavy (non-hydrogen) atoms. The zero-order valence-corrected chi connectivity index (χ0v) is 10.6. The summed E-state index contributed by atoms with van der Waals surface area (Å²) in [5.74, 6) is -0.172. The number of nitrogens with zero attached hydrogens (tertiary/aromatic N) is 1. The fourth-order valence-corrected chi connectivity index (χ4v) is 2.03. The zero-order chi connectivity index (χ0) is 11.3. The molecule has 0 spiro atoms. The van der Waals surface area contributed by atoms with Crippen LogP contribution in [0.3, 0.4) is 0 Å². The molecule has 0 unspecified atom stereocenters. The molecule has 0 aliphatic rings. The Hall–Kier alpha value is -0.740. The number of aliphatic imine (C=N–C) groups is 1. The summed E-state index contributed by atoms with van der Waals surface area (Å²) in [6, 6.07) is 7.44. The topological polar surface area (TPSA) is 29.4 Å². The minimum Gasteiger partial charge on any atom is -0.267 e. The monoisotopic (exact) mass is 239 g/mol. The van der Waals surface area contributed by atoms with Crippen molar-refractivity contribution in [1.82, 2.24) is 0 Å². The molecule has 0 fully saturated rings. The standard InChI is InChI=1S/C11H13NOS2/c1-8-4-6-9(7-5-8)10(13)12-11(14-2)15-3/h4-7H,1-3H3. The Morgan fingerprint density at radius 3 is 2.13 bits per heavy atom. The van der Waals surface area contributed by atoms with Crippen molar-refractivity contribution in [3.05, 3.63) is 35.4 Å². The van der Waals surface area contributed by atoms with E-state index in [1.165, 1.54) is 23.5 Å². The average molecular weight is 239 g/mol. The van der Waals surface area contributed by atoms with Gasteiger partial charge in [-0.3, -0.25) is 4.79 Å². The first-order valence-corrected chi connectivity index (χ1v) is 6.90. The van der Waals surface area contributed by atoms with Gasteiger partial charge in [-0.15, -0.1) is 23.5 Å². The van der Waals surface area contributed by atoms with E-state index in [1.54, 1.807) is 12.1 Å². The molecule has 1 amide bonds. The van der Waals surface area contributed by atoms with Gasteiger partial charge in [-0.25, -0.2) is 0 Å². The lowest BCUT2D eigenvalue weighted by Crippen LogP contribution is -1.97. The van der Waals surface area contributed by atoms with Crippen LogP contribution in [0.25, 0.3) is 0 Å². The van der Waals surface area contributed by atoms with Gasteiger partial charge in [-0.05, 0) is 31.6 Å². The van der Waals surface area contributed by atoms with E-state index in [2.05, 4.69) is 4.99 Å². The molecule has 0 aromatic heterocycles. The number of hydrogen-bond donors (Lipinski definition) is 0. The van der Waals surface area contributed by atoms with E-state index >= 15 is 0 Å². The normalized spacial score (nSPS) is 9.80. The summed E-state index contributed by atoms with van der Waals surface area (Å²) >= 11 is 2.98. The van der Waals surface area contributed by atoms with Crippen LogP contribution in [0.4, 0.5) is 0 Å². The van der Waals surface area contributed by atoms with E-state index < -0.39 is 0 Å². The van der Waals surface area contributed by atoms with Crippen LogP contribution in [0.1, 0.15) is 15.9 Å². The Kier molecular flexibility index (Phi) is 4.91. The van der Waals surface area contributed by atoms with Crippen LogP contribution in [-0.4, -0.2) is 22.8 Å². The molecule has 1 rings (SSSR count). The third kappa shape index (κ3) is 3.72. The van der Waals surface area contributed by atoms with Gasteiger partial charge in [0.05, 0.1) is 0 Å². The number of amides is 1. The maximum Gasteiger partial charge on any atom is 0.278 e. The van der Waals surface area contributed by atoms with Crippen LogP contribution in [-0.2, 0) is 0 Å². The Balaban J connectivity index is 2.85. The van der Waals surface area contributed by atoms with Crippen molar-refractivity contribution < 1.29 is 4.79 Å². The maximum absolute atomic E-state index is 11.7. The molecular formula is C11H13NOS2. The van der Waals surface area contributed by atoms with Gasteiger partial charge in [-0.1, -0.05) is 17.7 Å². The molecule has 1 aromatic carbocycles. The highest BCUT2D eigenvalue weighted by Gasteiger charge is 2.04. The molecule has 0 atom stereocenters. The predicted molar refractivity (Wildman–Crippen MR) is 70.0 cm³/mol. The Bertz CT molecular complexity index is 365. The summed E-state index contributed by atoms with van der Waals surface area (Å²) in [6.45, 7) is 1.99. The van der Waals surface area contributed by atoms with E-state index in [9.17, 15) is 4.79 Å². The van der Waals surface area contributed by atoms with E-state index in [4.69, 9.17) is 0 Å². The van der Waals surface area contributed by atoms with E-state index in [-0.39, 0.29) is 5.91 Å². The van der Waals surface area contributed by atoms with Crippen molar-refractivity contribution in [2.24, 2.45) is 4.99 Å².